The molecule has 0 fully saturated rings. The maximum atomic E-state index is 13.5. The van der Waals surface area contributed by atoms with E-state index in [1.165, 1.54) is 6.07 Å². The number of carbonyl (C=O) groups is 1. The Morgan fingerprint density at radius 2 is 1.39 bits per heavy atom. The van der Waals surface area contributed by atoms with Gasteiger partial charge in [0.05, 0.1) is 5.39 Å². The summed E-state index contributed by atoms with van der Waals surface area (Å²) in [5.74, 6) is 0.0300. The zero-order chi connectivity index (χ0) is 21.7. The largest absolute Gasteiger partial charge is 0.451 e. The van der Waals surface area contributed by atoms with Gasteiger partial charge in [0, 0.05) is 22.6 Å². The van der Waals surface area contributed by atoms with E-state index >= 15 is 0 Å². The van der Waals surface area contributed by atoms with E-state index in [0.717, 1.165) is 27.6 Å². The molecule has 31 heavy (non-hydrogen) atoms. The van der Waals surface area contributed by atoms with E-state index < -0.39 is 5.63 Å². The van der Waals surface area contributed by atoms with Crippen molar-refractivity contribution >= 4 is 27.7 Å². The molecular weight excluding hydrogens is 388 g/mol. The van der Waals surface area contributed by atoms with Crippen molar-refractivity contribution in [3.05, 3.63) is 105 Å². The second-order valence-corrected chi connectivity index (χ2v) is 7.77. The zero-order valence-corrected chi connectivity index (χ0v) is 17.5. The molecule has 0 aliphatic rings. The fourth-order valence-corrected chi connectivity index (χ4v) is 4.28. The Labute approximate surface area is 178 Å². The minimum atomic E-state index is -0.425. The zero-order valence-electron chi connectivity index (χ0n) is 17.5. The Bertz CT molecular complexity index is 1520. The molecule has 0 aliphatic heterocycles. The number of benzene rings is 3. The lowest BCUT2D eigenvalue weighted by Crippen LogP contribution is -2.02. The molecule has 5 rings (SSSR count). The van der Waals surface area contributed by atoms with Gasteiger partial charge in [-0.2, -0.15) is 0 Å². The highest BCUT2D eigenvalue weighted by Crippen LogP contribution is 2.43. The highest BCUT2D eigenvalue weighted by atomic mass is 16.4. The second-order valence-electron chi connectivity index (χ2n) is 7.77. The Balaban J connectivity index is 2.00. The molecule has 0 atom stereocenters. The number of hydrogen-bond acceptors (Lipinski definition) is 4. The number of ketones is 1. The van der Waals surface area contributed by atoms with Crippen LogP contribution in [0, 0.1) is 20.8 Å². The van der Waals surface area contributed by atoms with Gasteiger partial charge in [0.25, 0.3) is 0 Å². The van der Waals surface area contributed by atoms with Crippen molar-refractivity contribution < 1.29 is 13.6 Å². The van der Waals surface area contributed by atoms with Crippen molar-refractivity contribution in [1.82, 2.24) is 0 Å². The third-order valence-electron chi connectivity index (χ3n) is 5.88. The third kappa shape index (κ3) is 2.91. The molecule has 0 unspecified atom stereocenters. The van der Waals surface area contributed by atoms with E-state index in [1.54, 1.807) is 12.1 Å². The maximum Gasteiger partial charge on any atom is 0.336 e. The van der Waals surface area contributed by atoms with Crippen LogP contribution in [0.5, 0.6) is 0 Å². The summed E-state index contributed by atoms with van der Waals surface area (Å²) in [7, 11) is 0. The van der Waals surface area contributed by atoms with Gasteiger partial charge in [-0.15, -0.1) is 0 Å². The van der Waals surface area contributed by atoms with Gasteiger partial charge in [-0.25, -0.2) is 4.79 Å². The first-order valence-electron chi connectivity index (χ1n) is 10.1. The Hall–Kier alpha value is -3.92. The standard InChI is InChI=1S/C27H20O4/c1-15-14-20(28)30-26-21(15)16(2)17(3)25-23(26)22(18-10-6-4-7-11-18)27(31-25)24(29)19-12-8-5-9-13-19/h4-14H,1-3H3. The summed E-state index contributed by atoms with van der Waals surface area (Å²) in [6.07, 6.45) is 0. The monoisotopic (exact) mass is 408 g/mol. The van der Waals surface area contributed by atoms with Crippen LogP contribution in [0.25, 0.3) is 33.1 Å². The lowest BCUT2D eigenvalue weighted by Gasteiger charge is -2.10. The van der Waals surface area contributed by atoms with Crippen LogP contribution in [0.3, 0.4) is 0 Å². The fourth-order valence-electron chi connectivity index (χ4n) is 4.28. The Kier molecular flexibility index (Phi) is 4.36. The average Bonchev–Trinajstić information content (AvgIpc) is 3.18. The van der Waals surface area contributed by atoms with E-state index in [0.29, 0.717) is 27.7 Å². The fraction of sp³-hybridized carbons (Fsp3) is 0.111. The van der Waals surface area contributed by atoms with E-state index in [4.69, 9.17) is 8.83 Å². The molecule has 4 heteroatoms. The van der Waals surface area contributed by atoms with Crippen molar-refractivity contribution in [2.75, 3.05) is 0 Å². The summed E-state index contributed by atoms with van der Waals surface area (Å²) in [6.45, 7) is 5.85. The molecule has 0 spiro atoms. The second kappa shape index (κ2) is 7.10. The molecule has 0 saturated heterocycles. The minimum absolute atomic E-state index is 0.212. The van der Waals surface area contributed by atoms with Crippen molar-refractivity contribution in [1.29, 1.82) is 0 Å². The Morgan fingerprint density at radius 1 is 0.742 bits per heavy atom. The quantitative estimate of drug-likeness (QED) is 0.257. The minimum Gasteiger partial charge on any atom is -0.451 e. The first kappa shape index (κ1) is 19.1. The van der Waals surface area contributed by atoms with Crippen LogP contribution < -0.4 is 5.63 Å². The topological polar surface area (TPSA) is 60.4 Å². The number of rotatable bonds is 3. The molecule has 4 nitrogen and oxygen atoms in total. The molecule has 152 valence electrons. The molecule has 0 N–H and O–H groups in total. The number of furan rings is 1. The molecule has 0 aliphatic carbocycles. The van der Waals surface area contributed by atoms with Crippen LogP contribution in [-0.4, -0.2) is 5.78 Å². The van der Waals surface area contributed by atoms with E-state index in [2.05, 4.69) is 0 Å². The number of fused-ring (bicyclic) bond motifs is 3. The summed E-state index contributed by atoms with van der Waals surface area (Å²) in [5, 5.41) is 1.53. The maximum absolute atomic E-state index is 13.5. The van der Waals surface area contributed by atoms with Crippen LogP contribution >= 0.6 is 0 Å². The van der Waals surface area contributed by atoms with Gasteiger partial charge in [-0.05, 0) is 43.0 Å². The lowest BCUT2D eigenvalue weighted by molar-refractivity contribution is 0.101. The van der Waals surface area contributed by atoms with Gasteiger partial charge < -0.3 is 8.83 Å². The average molecular weight is 408 g/mol. The van der Waals surface area contributed by atoms with Gasteiger partial charge in [-0.1, -0.05) is 60.7 Å². The van der Waals surface area contributed by atoms with E-state index in [9.17, 15) is 9.59 Å². The van der Waals surface area contributed by atoms with Gasteiger partial charge >= 0.3 is 5.63 Å². The van der Waals surface area contributed by atoms with Gasteiger partial charge in [-0.3, -0.25) is 4.79 Å². The summed E-state index contributed by atoms with van der Waals surface area (Å²) >= 11 is 0. The first-order valence-corrected chi connectivity index (χ1v) is 10.1. The predicted octanol–water partition coefficient (Wildman–Crippen LogP) is 6.36. The van der Waals surface area contributed by atoms with Crippen molar-refractivity contribution in [3.8, 4) is 11.1 Å². The van der Waals surface area contributed by atoms with Crippen molar-refractivity contribution in [3.63, 3.8) is 0 Å². The number of carbonyl (C=O) groups excluding carboxylic acids is 1. The van der Waals surface area contributed by atoms with Crippen molar-refractivity contribution in [2.24, 2.45) is 0 Å². The number of aryl methyl sites for hydroxylation is 3. The smallest absolute Gasteiger partial charge is 0.336 e. The van der Waals surface area contributed by atoms with Crippen molar-refractivity contribution in [2.45, 2.75) is 20.8 Å². The van der Waals surface area contributed by atoms with Crippen LogP contribution in [0.1, 0.15) is 32.8 Å². The highest BCUT2D eigenvalue weighted by Gasteiger charge is 2.28. The van der Waals surface area contributed by atoms with Crippen LogP contribution in [-0.2, 0) is 0 Å². The highest BCUT2D eigenvalue weighted by molar-refractivity contribution is 6.21. The molecule has 0 saturated carbocycles. The summed E-state index contributed by atoms with van der Waals surface area (Å²) < 4.78 is 12.0. The van der Waals surface area contributed by atoms with Gasteiger partial charge in [0.1, 0.15) is 5.58 Å². The van der Waals surface area contributed by atoms with Gasteiger partial charge in [0.2, 0.25) is 5.78 Å². The van der Waals surface area contributed by atoms with Crippen LogP contribution in [0.15, 0.2) is 80.4 Å². The lowest BCUT2D eigenvalue weighted by atomic mass is 9.93. The SMILES string of the molecule is Cc1c(C)c2c(C)cc(=O)oc2c2c(-c3ccccc3)c(C(=O)c3ccccc3)oc12. The van der Waals surface area contributed by atoms with E-state index in [1.807, 2.05) is 69.3 Å². The molecule has 0 bridgehead atoms. The molecule has 0 radical (unpaired) electrons. The first-order chi connectivity index (χ1) is 15.0. The predicted molar refractivity (Wildman–Crippen MR) is 122 cm³/mol. The molecule has 2 heterocycles. The van der Waals surface area contributed by atoms with E-state index in [-0.39, 0.29) is 11.5 Å². The summed E-state index contributed by atoms with van der Waals surface area (Å²) in [6, 6.07) is 20.2. The number of hydrogen-bond donors (Lipinski definition) is 0. The van der Waals surface area contributed by atoms with Crippen LogP contribution in [0.2, 0.25) is 0 Å². The normalized spacial score (nSPS) is 11.3. The molecule has 5 aromatic rings. The Morgan fingerprint density at radius 3 is 2.06 bits per heavy atom. The third-order valence-corrected chi connectivity index (χ3v) is 5.88. The molecule has 3 aromatic carbocycles. The summed E-state index contributed by atoms with van der Waals surface area (Å²) in [5.41, 5.74) is 5.33. The van der Waals surface area contributed by atoms with Gasteiger partial charge in [0.15, 0.2) is 11.3 Å². The molecule has 2 aromatic heterocycles. The molecular formula is C27H20O4. The van der Waals surface area contributed by atoms with Crippen LogP contribution in [0.4, 0.5) is 0 Å². The summed E-state index contributed by atoms with van der Waals surface area (Å²) in [4.78, 5) is 25.8. The molecule has 0 amide bonds.